The van der Waals surface area contributed by atoms with E-state index in [1.54, 1.807) is 7.11 Å². The quantitative estimate of drug-likeness (QED) is 0.387. The van der Waals surface area contributed by atoms with Crippen LogP contribution in [0.15, 0.2) is 29.3 Å². The summed E-state index contributed by atoms with van der Waals surface area (Å²) < 4.78 is 10.4. The van der Waals surface area contributed by atoms with E-state index in [1.807, 2.05) is 0 Å². The Morgan fingerprint density at radius 2 is 1.76 bits per heavy atom. The third-order valence-electron chi connectivity index (χ3n) is 3.81. The molecule has 0 aromatic heterocycles. The molecule has 0 fully saturated rings. The maximum atomic E-state index is 5.43. The van der Waals surface area contributed by atoms with Crippen molar-refractivity contribution < 1.29 is 9.47 Å². The van der Waals surface area contributed by atoms with E-state index < -0.39 is 0 Å². The van der Waals surface area contributed by atoms with Gasteiger partial charge in [-0.15, -0.1) is 0 Å². The zero-order valence-corrected chi connectivity index (χ0v) is 16.5. The van der Waals surface area contributed by atoms with Gasteiger partial charge >= 0.3 is 0 Å². The number of rotatable bonds is 10. The molecule has 0 aliphatic rings. The molecule has 0 aliphatic heterocycles. The van der Waals surface area contributed by atoms with Gasteiger partial charge in [-0.3, -0.25) is 4.99 Å². The minimum absolute atomic E-state index is 0.201. The molecule has 25 heavy (non-hydrogen) atoms. The Balaban J connectivity index is 2.36. The number of nitrogens with one attached hydrogen (secondary N) is 2. The van der Waals surface area contributed by atoms with E-state index in [-0.39, 0.29) is 5.41 Å². The molecule has 1 aromatic rings. The van der Waals surface area contributed by atoms with Gasteiger partial charge < -0.3 is 20.1 Å². The molecule has 1 aromatic carbocycles. The summed E-state index contributed by atoms with van der Waals surface area (Å²) in [6, 6.07) is 8.89. The fourth-order valence-electron chi connectivity index (χ4n) is 2.30. The topological polar surface area (TPSA) is 54.9 Å². The van der Waals surface area contributed by atoms with Gasteiger partial charge in [-0.05, 0) is 29.9 Å². The van der Waals surface area contributed by atoms with E-state index in [4.69, 9.17) is 9.47 Å². The van der Waals surface area contributed by atoms with Gasteiger partial charge in [-0.25, -0.2) is 0 Å². The summed E-state index contributed by atoms with van der Waals surface area (Å²) >= 11 is 0. The molecule has 5 nitrogen and oxygen atoms in total. The number of aliphatic imine (C=N–C) groups is 1. The van der Waals surface area contributed by atoms with Gasteiger partial charge in [0.05, 0.1) is 26.4 Å². The summed E-state index contributed by atoms with van der Waals surface area (Å²) in [4.78, 5) is 4.52. The first-order chi connectivity index (χ1) is 12.0. The van der Waals surface area contributed by atoms with Crippen molar-refractivity contribution >= 4 is 5.96 Å². The maximum absolute atomic E-state index is 5.43. The average Bonchev–Trinajstić information content (AvgIpc) is 2.57. The molecule has 0 spiro atoms. The number of hydrogen-bond donors (Lipinski definition) is 2. The molecule has 0 atom stereocenters. The Morgan fingerprint density at radius 1 is 1.04 bits per heavy atom. The fourth-order valence-corrected chi connectivity index (χ4v) is 2.30. The van der Waals surface area contributed by atoms with E-state index in [1.165, 1.54) is 11.1 Å². The van der Waals surface area contributed by atoms with Gasteiger partial charge in [-0.2, -0.15) is 0 Å². The number of nitrogens with zero attached hydrogens (tertiary/aromatic N) is 1. The summed E-state index contributed by atoms with van der Waals surface area (Å²) in [6.07, 6.45) is 0.971. The minimum atomic E-state index is 0.201. The summed E-state index contributed by atoms with van der Waals surface area (Å²) in [5.41, 5.74) is 2.90. The van der Waals surface area contributed by atoms with Gasteiger partial charge in [0.2, 0.25) is 0 Å². The lowest BCUT2D eigenvalue weighted by molar-refractivity contribution is 0.0748. The molecule has 0 bridgehead atoms. The molecule has 0 heterocycles. The monoisotopic (exact) mass is 349 g/mol. The highest BCUT2D eigenvalue weighted by molar-refractivity contribution is 5.79. The van der Waals surface area contributed by atoms with Gasteiger partial charge in [0, 0.05) is 20.2 Å². The third-order valence-corrected chi connectivity index (χ3v) is 3.81. The molecule has 0 saturated carbocycles. The Labute approximate surface area is 153 Å². The summed E-state index contributed by atoms with van der Waals surface area (Å²) in [5, 5.41) is 6.63. The summed E-state index contributed by atoms with van der Waals surface area (Å²) in [6.45, 7) is 13.0. The first-order valence-electron chi connectivity index (χ1n) is 9.15. The normalized spacial score (nSPS) is 12.3. The highest BCUT2D eigenvalue weighted by atomic mass is 16.5. The lowest BCUT2D eigenvalue weighted by atomic mass is 9.86. The zero-order chi connectivity index (χ0) is 18.5. The van der Waals surface area contributed by atoms with Crippen LogP contribution in [0.1, 0.15) is 38.8 Å². The average molecular weight is 350 g/mol. The van der Waals surface area contributed by atoms with Gasteiger partial charge in [-0.1, -0.05) is 45.0 Å². The van der Waals surface area contributed by atoms with Crippen molar-refractivity contribution in [1.82, 2.24) is 10.6 Å². The van der Waals surface area contributed by atoms with Crippen molar-refractivity contribution in [3.05, 3.63) is 35.4 Å². The standard InChI is InChI=1S/C20H35N3O2/c1-6-21-19(23-13-14-25-16-15-24-5)22-12-11-17-7-9-18(10-8-17)20(2,3)4/h7-10H,6,11-16H2,1-5H3,(H2,21,22,23). The van der Waals surface area contributed by atoms with Crippen LogP contribution in [0.3, 0.4) is 0 Å². The van der Waals surface area contributed by atoms with Crippen molar-refractivity contribution in [2.45, 2.75) is 39.5 Å². The molecular weight excluding hydrogens is 314 g/mol. The first-order valence-corrected chi connectivity index (χ1v) is 9.15. The zero-order valence-electron chi connectivity index (χ0n) is 16.5. The molecule has 1 rings (SSSR count). The van der Waals surface area contributed by atoms with E-state index in [9.17, 15) is 0 Å². The summed E-state index contributed by atoms with van der Waals surface area (Å²) in [7, 11) is 1.67. The van der Waals surface area contributed by atoms with Crippen LogP contribution in [0.25, 0.3) is 0 Å². The van der Waals surface area contributed by atoms with Crippen molar-refractivity contribution in [2.75, 3.05) is 46.6 Å². The fraction of sp³-hybridized carbons (Fsp3) is 0.650. The predicted octanol–water partition coefficient (Wildman–Crippen LogP) is 2.74. The SMILES string of the molecule is CCNC(=NCCOCCOC)NCCc1ccc(C(C)(C)C)cc1. The van der Waals surface area contributed by atoms with Gasteiger partial charge in [0.25, 0.3) is 0 Å². The molecule has 0 unspecified atom stereocenters. The molecule has 0 aliphatic carbocycles. The second-order valence-electron chi connectivity index (χ2n) is 6.99. The number of benzene rings is 1. The van der Waals surface area contributed by atoms with Crippen LogP contribution < -0.4 is 10.6 Å². The van der Waals surface area contributed by atoms with Crippen LogP contribution in [0.4, 0.5) is 0 Å². The summed E-state index contributed by atoms with van der Waals surface area (Å²) in [5.74, 6) is 0.837. The highest BCUT2D eigenvalue weighted by Gasteiger charge is 2.12. The number of ether oxygens (including phenoxy) is 2. The van der Waals surface area contributed by atoms with Gasteiger partial charge in [0.15, 0.2) is 5.96 Å². The van der Waals surface area contributed by atoms with Crippen LogP contribution in [-0.4, -0.2) is 52.5 Å². The molecule has 0 radical (unpaired) electrons. The van der Waals surface area contributed by atoms with Crippen molar-refractivity contribution in [1.29, 1.82) is 0 Å². The van der Waals surface area contributed by atoms with Crippen LogP contribution in [0, 0.1) is 0 Å². The maximum Gasteiger partial charge on any atom is 0.191 e. The first kappa shape index (κ1) is 21.5. The number of methoxy groups -OCH3 is 1. The third kappa shape index (κ3) is 9.46. The van der Waals surface area contributed by atoms with Crippen molar-refractivity contribution in [2.24, 2.45) is 4.99 Å². The molecular formula is C20H35N3O2. The Bertz CT molecular complexity index is 493. The Hall–Kier alpha value is -1.59. The largest absolute Gasteiger partial charge is 0.382 e. The second kappa shape index (κ2) is 11.9. The number of guanidine groups is 1. The molecule has 5 heteroatoms. The van der Waals surface area contributed by atoms with Gasteiger partial charge in [0.1, 0.15) is 0 Å². The predicted molar refractivity (Wildman–Crippen MR) is 106 cm³/mol. The Kier molecular flexibility index (Phi) is 10.2. The van der Waals surface area contributed by atoms with E-state index in [2.05, 4.69) is 67.6 Å². The van der Waals surface area contributed by atoms with Crippen LogP contribution in [0.2, 0.25) is 0 Å². The molecule has 0 saturated heterocycles. The lowest BCUT2D eigenvalue weighted by Crippen LogP contribution is -2.38. The lowest BCUT2D eigenvalue weighted by Gasteiger charge is -2.19. The van der Waals surface area contributed by atoms with Crippen LogP contribution in [-0.2, 0) is 21.3 Å². The van der Waals surface area contributed by atoms with Crippen LogP contribution in [0.5, 0.6) is 0 Å². The minimum Gasteiger partial charge on any atom is -0.382 e. The highest BCUT2D eigenvalue weighted by Crippen LogP contribution is 2.22. The van der Waals surface area contributed by atoms with E-state index in [0.717, 1.165) is 25.5 Å². The van der Waals surface area contributed by atoms with E-state index >= 15 is 0 Å². The van der Waals surface area contributed by atoms with Crippen molar-refractivity contribution in [3.8, 4) is 0 Å². The number of hydrogen-bond acceptors (Lipinski definition) is 3. The molecule has 142 valence electrons. The smallest absolute Gasteiger partial charge is 0.191 e. The Morgan fingerprint density at radius 3 is 2.36 bits per heavy atom. The molecule has 2 N–H and O–H groups in total. The second-order valence-corrected chi connectivity index (χ2v) is 6.99. The van der Waals surface area contributed by atoms with E-state index in [0.29, 0.717) is 26.4 Å². The molecule has 0 amide bonds. The van der Waals surface area contributed by atoms with Crippen molar-refractivity contribution in [3.63, 3.8) is 0 Å². The van der Waals surface area contributed by atoms with Crippen LogP contribution >= 0.6 is 0 Å².